The lowest BCUT2D eigenvalue weighted by molar-refractivity contribution is 0.413. The van der Waals surface area contributed by atoms with Crippen LogP contribution in [-0.4, -0.2) is 18.5 Å². The molecule has 0 saturated heterocycles. The first kappa shape index (κ1) is 12.5. The smallest absolute Gasteiger partial charge is 0.146 e. The standard InChI is InChI=1S/C12H19N3O/c1-12(2,3)14-11(15-13)9-7-5-6-8-10(9)16-4/h5-8H,13H2,1-4H3,(H,14,15). The number of methoxy groups -OCH3 is 1. The SMILES string of the molecule is COc1ccccc1C(=NC(C)(C)C)NN. The van der Waals surface area contributed by atoms with Gasteiger partial charge in [0.25, 0.3) is 0 Å². The van der Waals surface area contributed by atoms with Crippen molar-refractivity contribution in [3.05, 3.63) is 29.8 Å². The molecule has 0 radical (unpaired) electrons. The number of para-hydroxylation sites is 1. The molecule has 4 heteroatoms. The average molecular weight is 221 g/mol. The van der Waals surface area contributed by atoms with Crippen molar-refractivity contribution in [3.8, 4) is 5.75 Å². The van der Waals surface area contributed by atoms with Crippen LogP contribution in [0.15, 0.2) is 29.3 Å². The van der Waals surface area contributed by atoms with Crippen LogP contribution in [0.1, 0.15) is 26.3 Å². The Kier molecular flexibility index (Phi) is 3.90. The Labute approximate surface area is 96.5 Å². The van der Waals surface area contributed by atoms with Gasteiger partial charge < -0.3 is 10.2 Å². The molecule has 0 amide bonds. The minimum atomic E-state index is -0.192. The third-order valence-electron chi connectivity index (χ3n) is 1.95. The minimum absolute atomic E-state index is 0.192. The van der Waals surface area contributed by atoms with Crippen molar-refractivity contribution in [1.29, 1.82) is 0 Å². The quantitative estimate of drug-likeness (QED) is 0.346. The molecule has 0 unspecified atom stereocenters. The average Bonchev–Trinajstić information content (AvgIpc) is 2.24. The first-order valence-corrected chi connectivity index (χ1v) is 5.18. The van der Waals surface area contributed by atoms with E-state index in [9.17, 15) is 0 Å². The topological polar surface area (TPSA) is 59.6 Å². The fourth-order valence-corrected chi connectivity index (χ4v) is 1.35. The fourth-order valence-electron chi connectivity index (χ4n) is 1.35. The lowest BCUT2D eigenvalue weighted by atomic mass is 10.1. The monoisotopic (exact) mass is 221 g/mol. The van der Waals surface area contributed by atoms with E-state index in [1.54, 1.807) is 7.11 Å². The van der Waals surface area contributed by atoms with E-state index >= 15 is 0 Å². The number of rotatable bonds is 2. The zero-order valence-electron chi connectivity index (χ0n) is 10.2. The van der Waals surface area contributed by atoms with Gasteiger partial charge in [-0.2, -0.15) is 0 Å². The summed E-state index contributed by atoms with van der Waals surface area (Å²) < 4.78 is 5.27. The van der Waals surface area contributed by atoms with Crippen molar-refractivity contribution in [2.75, 3.05) is 7.11 Å². The summed E-state index contributed by atoms with van der Waals surface area (Å²) in [5.74, 6) is 6.88. The molecule has 0 atom stereocenters. The number of nitrogens with one attached hydrogen (secondary N) is 1. The molecular weight excluding hydrogens is 202 g/mol. The number of hydrogen-bond acceptors (Lipinski definition) is 3. The molecule has 0 heterocycles. The number of benzene rings is 1. The Morgan fingerprint density at radius 2 is 1.94 bits per heavy atom. The van der Waals surface area contributed by atoms with Crippen LogP contribution in [0.3, 0.4) is 0 Å². The first-order chi connectivity index (χ1) is 7.48. The molecule has 0 spiro atoms. The molecule has 1 aromatic carbocycles. The summed E-state index contributed by atoms with van der Waals surface area (Å²) in [6.45, 7) is 6.04. The van der Waals surface area contributed by atoms with Gasteiger partial charge in [-0.1, -0.05) is 12.1 Å². The summed E-state index contributed by atoms with van der Waals surface area (Å²) in [7, 11) is 1.63. The third-order valence-corrected chi connectivity index (χ3v) is 1.95. The second-order valence-corrected chi connectivity index (χ2v) is 4.48. The van der Waals surface area contributed by atoms with E-state index in [4.69, 9.17) is 10.6 Å². The van der Waals surface area contributed by atoms with Crippen LogP contribution in [0.5, 0.6) is 5.75 Å². The summed E-state index contributed by atoms with van der Waals surface area (Å²) >= 11 is 0. The lowest BCUT2D eigenvalue weighted by Gasteiger charge is -2.17. The Morgan fingerprint density at radius 3 is 2.44 bits per heavy atom. The fraction of sp³-hybridized carbons (Fsp3) is 0.417. The molecule has 1 aromatic rings. The Hall–Kier alpha value is -1.55. The van der Waals surface area contributed by atoms with Crippen LogP contribution in [0.25, 0.3) is 0 Å². The maximum atomic E-state index is 5.50. The van der Waals surface area contributed by atoms with E-state index in [0.29, 0.717) is 5.84 Å². The Morgan fingerprint density at radius 1 is 1.31 bits per heavy atom. The second kappa shape index (κ2) is 4.99. The van der Waals surface area contributed by atoms with Crippen molar-refractivity contribution in [2.45, 2.75) is 26.3 Å². The van der Waals surface area contributed by atoms with Gasteiger partial charge in [0.2, 0.25) is 0 Å². The molecule has 0 saturated carbocycles. The predicted octanol–water partition coefficient (Wildman–Crippen LogP) is 1.70. The molecule has 0 aliphatic heterocycles. The van der Waals surface area contributed by atoms with Gasteiger partial charge in [0.05, 0.1) is 18.2 Å². The zero-order chi connectivity index (χ0) is 12.2. The molecule has 0 aliphatic carbocycles. The van der Waals surface area contributed by atoms with Gasteiger partial charge in [-0.3, -0.25) is 4.99 Å². The van der Waals surface area contributed by atoms with E-state index in [-0.39, 0.29) is 5.54 Å². The van der Waals surface area contributed by atoms with E-state index in [1.807, 2.05) is 45.0 Å². The third kappa shape index (κ3) is 3.24. The number of aliphatic imine (C=N–C) groups is 1. The van der Waals surface area contributed by atoms with Crippen LogP contribution < -0.4 is 16.0 Å². The highest BCUT2D eigenvalue weighted by Crippen LogP contribution is 2.19. The predicted molar refractivity (Wildman–Crippen MR) is 66.6 cm³/mol. The van der Waals surface area contributed by atoms with Gasteiger partial charge in [-0.25, -0.2) is 5.84 Å². The van der Waals surface area contributed by atoms with Gasteiger partial charge in [0.1, 0.15) is 11.6 Å². The summed E-state index contributed by atoms with van der Waals surface area (Å²) in [5, 5.41) is 0. The molecule has 0 aliphatic rings. The van der Waals surface area contributed by atoms with Crippen LogP contribution in [0, 0.1) is 0 Å². The number of nitrogens with zero attached hydrogens (tertiary/aromatic N) is 1. The highest BCUT2D eigenvalue weighted by atomic mass is 16.5. The lowest BCUT2D eigenvalue weighted by Crippen LogP contribution is -2.33. The summed E-state index contributed by atoms with van der Waals surface area (Å²) in [6.07, 6.45) is 0. The van der Waals surface area contributed by atoms with E-state index in [2.05, 4.69) is 10.4 Å². The van der Waals surface area contributed by atoms with E-state index < -0.39 is 0 Å². The Bertz CT molecular complexity index is 380. The number of ether oxygens (including phenoxy) is 1. The maximum absolute atomic E-state index is 5.50. The zero-order valence-corrected chi connectivity index (χ0v) is 10.2. The summed E-state index contributed by atoms with van der Waals surface area (Å²) in [5.41, 5.74) is 3.29. The highest BCUT2D eigenvalue weighted by molar-refractivity contribution is 6.01. The van der Waals surface area contributed by atoms with Crippen LogP contribution >= 0.6 is 0 Å². The van der Waals surface area contributed by atoms with Crippen LogP contribution in [0.2, 0.25) is 0 Å². The summed E-state index contributed by atoms with van der Waals surface area (Å²) in [4.78, 5) is 4.51. The molecule has 1 rings (SSSR count). The Balaban J connectivity index is 3.19. The number of nitrogens with two attached hydrogens (primary N) is 1. The highest BCUT2D eigenvalue weighted by Gasteiger charge is 2.13. The van der Waals surface area contributed by atoms with Crippen molar-refractivity contribution in [2.24, 2.45) is 10.8 Å². The van der Waals surface area contributed by atoms with E-state index in [1.165, 1.54) is 0 Å². The molecule has 0 fully saturated rings. The van der Waals surface area contributed by atoms with Gasteiger partial charge in [-0.15, -0.1) is 0 Å². The van der Waals surface area contributed by atoms with Gasteiger partial charge in [0, 0.05) is 0 Å². The molecule has 16 heavy (non-hydrogen) atoms. The molecule has 0 bridgehead atoms. The maximum Gasteiger partial charge on any atom is 0.146 e. The van der Waals surface area contributed by atoms with Crippen LogP contribution in [-0.2, 0) is 0 Å². The molecule has 4 nitrogen and oxygen atoms in total. The first-order valence-electron chi connectivity index (χ1n) is 5.18. The van der Waals surface area contributed by atoms with E-state index in [0.717, 1.165) is 11.3 Å². The largest absolute Gasteiger partial charge is 0.496 e. The van der Waals surface area contributed by atoms with Gasteiger partial charge in [0.15, 0.2) is 0 Å². The van der Waals surface area contributed by atoms with Gasteiger partial charge in [-0.05, 0) is 32.9 Å². The normalized spacial score (nSPS) is 12.4. The molecular formula is C12H19N3O. The minimum Gasteiger partial charge on any atom is -0.496 e. The number of hydrazine groups is 1. The number of hydrogen-bond donors (Lipinski definition) is 2. The number of amidine groups is 1. The molecule has 0 aromatic heterocycles. The van der Waals surface area contributed by atoms with Gasteiger partial charge >= 0.3 is 0 Å². The van der Waals surface area contributed by atoms with Crippen molar-refractivity contribution in [1.82, 2.24) is 5.43 Å². The molecule has 3 N–H and O–H groups in total. The van der Waals surface area contributed by atoms with Crippen molar-refractivity contribution < 1.29 is 4.74 Å². The molecule has 88 valence electrons. The van der Waals surface area contributed by atoms with Crippen molar-refractivity contribution >= 4 is 5.84 Å². The van der Waals surface area contributed by atoms with Crippen LogP contribution in [0.4, 0.5) is 0 Å². The second-order valence-electron chi connectivity index (χ2n) is 4.48. The summed E-state index contributed by atoms with van der Waals surface area (Å²) in [6, 6.07) is 7.63. The van der Waals surface area contributed by atoms with Crippen molar-refractivity contribution in [3.63, 3.8) is 0 Å².